The van der Waals surface area contributed by atoms with Gasteiger partial charge < -0.3 is 10.1 Å². The molecular weight excluding hydrogens is 617 g/mol. The average Bonchev–Trinajstić information content (AvgIpc) is 3.46. The summed E-state index contributed by atoms with van der Waals surface area (Å²) in [5.74, 6) is -2.48. The van der Waals surface area contributed by atoms with Crippen LogP contribution in [0.1, 0.15) is 52.4 Å². The number of ether oxygens (including phenoxy) is 1. The van der Waals surface area contributed by atoms with Crippen molar-refractivity contribution in [3.63, 3.8) is 0 Å². The van der Waals surface area contributed by atoms with Crippen molar-refractivity contribution in [3.8, 4) is 0 Å². The lowest BCUT2D eigenvalue weighted by atomic mass is 9.77. The Hall–Kier alpha value is -5.32. The zero-order valence-electron chi connectivity index (χ0n) is 24.8. The summed E-state index contributed by atoms with van der Waals surface area (Å²) in [6.45, 7) is -0.672. The van der Waals surface area contributed by atoms with E-state index in [1.807, 2.05) is 6.08 Å². The molecule has 1 aliphatic carbocycles. The second kappa shape index (κ2) is 13.2. The van der Waals surface area contributed by atoms with Crippen LogP contribution in [0.3, 0.4) is 0 Å². The molecule has 0 unspecified atom stereocenters. The number of rotatable bonds is 7. The lowest BCUT2D eigenvalue weighted by Gasteiger charge is -2.29. The van der Waals surface area contributed by atoms with Gasteiger partial charge in [-0.1, -0.05) is 42.5 Å². The van der Waals surface area contributed by atoms with Gasteiger partial charge in [0.25, 0.3) is 5.91 Å². The van der Waals surface area contributed by atoms with Gasteiger partial charge in [0, 0.05) is 11.6 Å². The Morgan fingerprint density at radius 1 is 0.915 bits per heavy atom. The van der Waals surface area contributed by atoms with Gasteiger partial charge in [0.2, 0.25) is 0 Å². The van der Waals surface area contributed by atoms with Crippen molar-refractivity contribution in [2.45, 2.75) is 31.5 Å². The molecule has 0 aromatic heterocycles. The minimum atomic E-state index is -4.55. The summed E-state index contributed by atoms with van der Waals surface area (Å²) in [7, 11) is 0. The molecule has 1 heterocycles. The Morgan fingerprint density at radius 2 is 1.62 bits per heavy atom. The van der Waals surface area contributed by atoms with Gasteiger partial charge >= 0.3 is 12.1 Å². The number of esters is 1. The van der Waals surface area contributed by atoms with Crippen molar-refractivity contribution < 1.29 is 36.3 Å². The number of nitrogens with one attached hydrogen (secondary N) is 1. The second-order valence-electron chi connectivity index (χ2n) is 11.3. The van der Waals surface area contributed by atoms with Crippen LogP contribution in [0.2, 0.25) is 0 Å². The van der Waals surface area contributed by atoms with Gasteiger partial charge in [0.15, 0.2) is 6.61 Å². The Morgan fingerprint density at radius 3 is 2.34 bits per heavy atom. The largest absolute Gasteiger partial charge is 0.452 e. The van der Waals surface area contributed by atoms with Gasteiger partial charge in [0.1, 0.15) is 11.6 Å². The van der Waals surface area contributed by atoms with Crippen LogP contribution in [0.25, 0.3) is 6.08 Å². The summed E-state index contributed by atoms with van der Waals surface area (Å²) in [5, 5.41) is 8.81. The van der Waals surface area contributed by atoms with E-state index < -0.39 is 42.1 Å². The molecule has 240 valence electrons. The van der Waals surface area contributed by atoms with E-state index in [1.54, 1.807) is 36.4 Å². The van der Waals surface area contributed by atoms with Crippen molar-refractivity contribution >= 4 is 35.0 Å². The maximum absolute atomic E-state index is 13.9. The summed E-state index contributed by atoms with van der Waals surface area (Å²) < 4.78 is 72.4. The van der Waals surface area contributed by atoms with E-state index in [1.165, 1.54) is 53.5 Å². The third kappa shape index (κ3) is 7.09. The van der Waals surface area contributed by atoms with Crippen molar-refractivity contribution in [2.75, 3.05) is 11.9 Å². The number of hydrazone groups is 1. The number of benzene rings is 4. The van der Waals surface area contributed by atoms with Crippen LogP contribution in [-0.2, 0) is 15.7 Å². The maximum Gasteiger partial charge on any atom is 0.416 e. The van der Waals surface area contributed by atoms with Crippen LogP contribution >= 0.6 is 0 Å². The molecule has 4 aromatic carbocycles. The van der Waals surface area contributed by atoms with Crippen LogP contribution in [0, 0.1) is 17.6 Å². The molecule has 47 heavy (non-hydrogen) atoms. The molecule has 1 amide bonds. The van der Waals surface area contributed by atoms with E-state index in [0.717, 1.165) is 29.7 Å². The van der Waals surface area contributed by atoms with Gasteiger partial charge in [-0.25, -0.2) is 18.6 Å². The molecule has 0 radical (unpaired) electrons. The Bertz CT molecular complexity index is 1850. The average molecular weight is 646 g/mol. The van der Waals surface area contributed by atoms with E-state index in [9.17, 15) is 31.5 Å². The number of amides is 1. The van der Waals surface area contributed by atoms with Crippen LogP contribution in [-0.4, -0.2) is 29.2 Å². The number of anilines is 2. The topological polar surface area (TPSA) is 71.0 Å². The molecule has 6 nitrogen and oxygen atoms in total. The van der Waals surface area contributed by atoms with Gasteiger partial charge in [-0.15, -0.1) is 0 Å². The Balaban J connectivity index is 1.23. The van der Waals surface area contributed by atoms with E-state index >= 15 is 0 Å². The summed E-state index contributed by atoms with van der Waals surface area (Å²) in [4.78, 5) is 26.9. The first-order valence-corrected chi connectivity index (χ1v) is 14.9. The molecule has 1 aliphatic heterocycles. The van der Waals surface area contributed by atoms with Crippen molar-refractivity contribution in [3.05, 3.63) is 137 Å². The molecule has 11 heteroatoms. The standard InChI is InChI=1S/C36H28F5N3O3/c37-26-15-11-22(12-16-26)19-24-5-3-9-30-33(24)43-44(34(30)23-13-17-27(38)18-14-23)32(45)21-47-35(46)29-8-1-2-10-31(29)42-28-7-4-6-25(20-28)36(39,40)41/h1-2,4,6-8,10-20,30,34,42H,3,5,9,21H2/b24-19-/t30-,34-/m0/s1. The molecule has 0 bridgehead atoms. The predicted molar refractivity (Wildman–Crippen MR) is 167 cm³/mol. The predicted octanol–water partition coefficient (Wildman–Crippen LogP) is 8.71. The fraction of sp³-hybridized carbons (Fsp3) is 0.194. The van der Waals surface area contributed by atoms with Crippen LogP contribution in [0.5, 0.6) is 0 Å². The minimum absolute atomic E-state index is 0.0127. The van der Waals surface area contributed by atoms with Gasteiger partial charge in [0.05, 0.1) is 28.6 Å². The zero-order chi connectivity index (χ0) is 33.1. The van der Waals surface area contributed by atoms with Crippen LogP contribution < -0.4 is 5.32 Å². The summed E-state index contributed by atoms with van der Waals surface area (Å²) in [6.07, 6.45) is -0.429. The fourth-order valence-corrected chi connectivity index (χ4v) is 5.93. The third-order valence-electron chi connectivity index (χ3n) is 8.12. The van der Waals surface area contributed by atoms with Gasteiger partial charge in [-0.2, -0.15) is 18.3 Å². The van der Waals surface area contributed by atoms with E-state index in [4.69, 9.17) is 9.84 Å². The van der Waals surface area contributed by atoms with E-state index in [0.29, 0.717) is 24.1 Å². The van der Waals surface area contributed by atoms with Crippen LogP contribution in [0.15, 0.2) is 108 Å². The number of fused-ring (bicyclic) bond motifs is 1. The number of halogens is 5. The van der Waals surface area contributed by atoms with Crippen molar-refractivity contribution in [1.29, 1.82) is 0 Å². The number of nitrogens with zero attached hydrogens (tertiary/aromatic N) is 2. The molecule has 2 atom stereocenters. The van der Waals surface area contributed by atoms with E-state index in [2.05, 4.69) is 5.32 Å². The molecule has 0 spiro atoms. The molecule has 6 rings (SSSR count). The SMILES string of the molecule is O=C(OCC(=O)N1N=C2/C(=C\c3ccc(F)cc3)CCC[C@@H]2[C@@H]1c1ccc(F)cc1)c1ccccc1Nc1cccc(C(F)(F)F)c1. The number of para-hydroxylation sites is 1. The quantitative estimate of drug-likeness (QED) is 0.161. The van der Waals surface area contributed by atoms with Crippen LogP contribution in [0.4, 0.5) is 33.3 Å². The first-order chi connectivity index (χ1) is 22.6. The number of allylic oxidation sites excluding steroid dienone is 1. The van der Waals surface area contributed by atoms with E-state index in [-0.39, 0.29) is 28.7 Å². The highest BCUT2D eigenvalue weighted by Crippen LogP contribution is 2.44. The van der Waals surface area contributed by atoms with Crippen molar-refractivity contribution in [1.82, 2.24) is 5.01 Å². The molecule has 4 aromatic rings. The zero-order valence-corrected chi connectivity index (χ0v) is 24.8. The molecular formula is C36H28F5N3O3. The van der Waals surface area contributed by atoms with Gasteiger partial charge in [-0.3, -0.25) is 4.79 Å². The number of hydrogen-bond acceptors (Lipinski definition) is 5. The summed E-state index contributed by atoms with van der Waals surface area (Å²) >= 11 is 0. The smallest absolute Gasteiger partial charge is 0.416 e. The maximum atomic E-state index is 13.9. The highest BCUT2D eigenvalue weighted by atomic mass is 19.4. The molecule has 1 N–H and O–H groups in total. The highest BCUT2D eigenvalue weighted by Gasteiger charge is 2.44. The summed E-state index contributed by atoms with van der Waals surface area (Å²) in [5.41, 5.74) is 2.47. The monoisotopic (exact) mass is 645 g/mol. The van der Waals surface area contributed by atoms with Gasteiger partial charge in [-0.05, 0) is 96.6 Å². The first-order valence-electron chi connectivity index (χ1n) is 14.9. The second-order valence-corrected chi connectivity index (χ2v) is 11.3. The molecule has 1 saturated carbocycles. The van der Waals surface area contributed by atoms with Crippen molar-refractivity contribution in [2.24, 2.45) is 11.0 Å². The number of hydrogen-bond donors (Lipinski definition) is 1. The number of carbonyl (C=O) groups excluding carboxylic acids is 2. The lowest BCUT2D eigenvalue weighted by molar-refractivity contribution is -0.138. The Labute approximate surface area is 267 Å². The Kier molecular flexibility index (Phi) is 8.88. The fourth-order valence-electron chi connectivity index (χ4n) is 5.93. The number of alkyl halides is 3. The molecule has 1 fully saturated rings. The summed E-state index contributed by atoms with van der Waals surface area (Å²) in [6, 6.07) is 21.9. The lowest BCUT2D eigenvalue weighted by Crippen LogP contribution is -2.34. The minimum Gasteiger partial charge on any atom is -0.452 e. The third-order valence-corrected chi connectivity index (χ3v) is 8.12. The normalized spacial score (nSPS) is 18.4. The number of carbonyl (C=O) groups is 2. The highest BCUT2D eigenvalue weighted by molar-refractivity contribution is 6.08. The molecule has 2 aliphatic rings. The molecule has 0 saturated heterocycles. The first kappa shape index (κ1) is 31.7.